The largest absolute Gasteiger partial charge is 0.478 e. The fourth-order valence-electron chi connectivity index (χ4n) is 2.34. The van der Waals surface area contributed by atoms with Gasteiger partial charge in [-0.25, -0.2) is 4.79 Å². The summed E-state index contributed by atoms with van der Waals surface area (Å²) in [6, 6.07) is 7.63. The summed E-state index contributed by atoms with van der Waals surface area (Å²) in [6.07, 6.45) is -3.32. The van der Waals surface area contributed by atoms with E-state index in [-0.39, 0.29) is 11.2 Å². The Kier molecular flexibility index (Phi) is 3.32. The van der Waals surface area contributed by atoms with Gasteiger partial charge < -0.3 is 5.11 Å². The van der Waals surface area contributed by atoms with Gasteiger partial charge in [0, 0.05) is 6.20 Å². The van der Waals surface area contributed by atoms with Crippen molar-refractivity contribution in [1.82, 2.24) is 14.6 Å². The van der Waals surface area contributed by atoms with E-state index in [1.807, 2.05) is 0 Å². The predicted molar refractivity (Wildman–Crippen MR) is 75.1 cm³/mol. The van der Waals surface area contributed by atoms with Gasteiger partial charge in [-0.05, 0) is 41.8 Å². The van der Waals surface area contributed by atoms with Crippen LogP contribution >= 0.6 is 0 Å². The molecule has 0 saturated heterocycles. The van der Waals surface area contributed by atoms with Crippen molar-refractivity contribution in [3.8, 4) is 11.1 Å². The number of aromatic carboxylic acids is 1. The van der Waals surface area contributed by atoms with Crippen LogP contribution in [-0.4, -0.2) is 25.7 Å². The Morgan fingerprint density at radius 2 is 1.83 bits per heavy atom. The molecule has 0 saturated carbocycles. The van der Waals surface area contributed by atoms with Gasteiger partial charge in [-0.3, -0.25) is 4.40 Å². The fourth-order valence-corrected chi connectivity index (χ4v) is 2.34. The number of alkyl halides is 3. The van der Waals surface area contributed by atoms with E-state index in [2.05, 4.69) is 10.2 Å². The predicted octanol–water partition coefficient (Wildman–Crippen LogP) is 3.42. The van der Waals surface area contributed by atoms with Gasteiger partial charge >= 0.3 is 12.1 Å². The van der Waals surface area contributed by atoms with Crippen LogP contribution in [0.2, 0.25) is 0 Å². The maximum atomic E-state index is 12.9. The number of halogens is 3. The molecule has 8 heteroatoms. The standard InChI is InChI=1S/C15H10F3N3O2/c1-8-6-9(2-4-11(8)13(22)23)10-3-5-12-19-20-14(15(16,17)18)21(12)7-10/h2-7H,1H3,(H,22,23). The number of aryl methyl sites for hydroxylation is 1. The van der Waals surface area contributed by atoms with Crippen LogP contribution in [0.3, 0.4) is 0 Å². The van der Waals surface area contributed by atoms with Gasteiger partial charge in [0.2, 0.25) is 5.82 Å². The lowest BCUT2D eigenvalue weighted by atomic mass is 10.0. The number of benzene rings is 1. The zero-order chi connectivity index (χ0) is 16.8. The summed E-state index contributed by atoms with van der Waals surface area (Å²) >= 11 is 0. The number of rotatable bonds is 2. The molecule has 1 aromatic carbocycles. The molecule has 0 fully saturated rings. The van der Waals surface area contributed by atoms with E-state index >= 15 is 0 Å². The molecule has 0 amide bonds. The second kappa shape index (κ2) is 5.08. The number of nitrogens with zero attached hydrogens (tertiary/aromatic N) is 3. The highest BCUT2D eigenvalue weighted by Crippen LogP contribution is 2.29. The Hall–Kier alpha value is -2.90. The lowest BCUT2D eigenvalue weighted by Crippen LogP contribution is -2.10. The summed E-state index contributed by atoms with van der Waals surface area (Å²) in [6.45, 7) is 1.63. The van der Waals surface area contributed by atoms with E-state index in [1.54, 1.807) is 25.1 Å². The summed E-state index contributed by atoms with van der Waals surface area (Å²) < 4.78 is 39.6. The van der Waals surface area contributed by atoms with Crippen molar-refractivity contribution in [2.24, 2.45) is 0 Å². The Morgan fingerprint density at radius 1 is 1.13 bits per heavy atom. The van der Waals surface area contributed by atoms with E-state index in [0.29, 0.717) is 16.7 Å². The first kappa shape index (κ1) is 15.0. The van der Waals surface area contributed by atoms with Crippen molar-refractivity contribution in [2.45, 2.75) is 13.1 Å². The number of hydrogen-bond acceptors (Lipinski definition) is 3. The molecular formula is C15H10F3N3O2. The number of pyridine rings is 1. The molecule has 118 valence electrons. The number of carboxylic acids is 1. The van der Waals surface area contributed by atoms with Crippen molar-refractivity contribution in [1.29, 1.82) is 0 Å². The number of carbonyl (C=O) groups is 1. The Balaban J connectivity index is 2.14. The number of fused-ring (bicyclic) bond motifs is 1. The number of aromatic nitrogens is 3. The SMILES string of the molecule is Cc1cc(-c2ccc3nnc(C(F)(F)F)n3c2)ccc1C(=O)O. The minimum Gasteiger partial charge on any atom is -0.478 e. The maximum Gasteiger partial charge on any atom is 0.452 e. The van der Waals surface area contributed by atoms with Crippen molar-refractivity contribution in [3.63, 3.8) is 0 Å². The van der Waals surface area contributed by atoms with Crippen LogP contribution in [0.15, 0.2) is 36.5 Å². The molecule has 2 heterocycles. The van der Waals surface area contributed by atoms with Crippen LogP contribution < -0.4 is 0 Å². The molecule has 0 aliphatic heterocycles. The van der Waals surface area contributed by atoms with Gasteiger partial charge in [0.15, 0.2) is 5.65 Å². The fraction of sp³-hybridized carbons (Fsp3) is 0.133. The van der Waals surface area contributed by atoms with Gasteiger partial charge in [0.1, 0.15) is 0 Å². The highest BCUT2D eigenvalue weighted by atomic mass is 19.4. The Bertz CT molecular complexity index is 916. The molecule has 0 aliphatic carbocycles. The van der Waals surface area contributed by atoms with Crippen molar-refractivity contribution < 1.29 is 23.1 Å². The van der Waals surface area contributed by atoms with Crippen molar-refractivity contribution in [2.75, 3.05) is 0 Å². The Labute approximate surface area is 128 Å². The van der Waals surface area contributed by atoms with E-state index < -0.39 is 18.0 Å². The molecule has 5 nitrogen and oxygen atoms in total. The minimum absolute atomic E-state index is 0.0833. The van der Waals surface area contributed by atoms with Gasteiger partial charge in [-0.1, -0.05) is 12.1 Å². The molecule has 0 radical (unpaired) electrons. The lowest BCUT2D eigenvalue weighted by Gasteiger charge is -2.08. The zero-order valence-corrected chi connectivity index (χ0v) is 11.8. The summed E-state index contributed by atoms with van der Waals surface area (Å²) in [4.78, 5) is 11.0. The summed E-state index contributed by atoms with van der Waals surface area (Å²) in [5, 5.41) is 15.7. The lowest BCUT2D eigenvalue weighted by molar-refractivity contribution is -0.145. The van der Waals surface area contributed by atoms with Crippen molar-refractivity contribution in [3.05, 3.63) is 53.5 Å². The van der Waals surface area contributed by atoms with Crippen LogP contribution in [-0.2, 0) is 6.18 Å². The average Bonchev–Trinajstić information content (AvgIpc) is 2.89. The first-order chi connectivity index (χ1) is 10.8. The highest BCUT2D eigenvalue weighted by molar-refractivity contribution is 5.90. The first-order valence-corrected chi connectivity index (χ1v) is 6.53. The average molecular weight is 321 g/mol. The third-order valence-corrected chi connectivity index (χ3v) is 3.45. The molecule has 0 spiro atoms. The van der Waals surface area contributed by atoms with E-state index in [1.165, 1.54) is 18.3 Å². The molecule has 3 rings (SSSR count). The summed E-state index contributed by atoms with van der Waals surface area (Å²) in [5.74, 6) is -2.16. The number of carboxylic acid groups (broad SMARTS) is 1. The Morgan fingerprint density at radius 3 is 2.43 bits per heavy atom. The zero-order valence-electron chi connectivity index (χ0n) is 11.8. The van der Waals surface area contributed by atoms with Crippen LogP contribution in [0.25, 0.3) is 16.8 Å². The second-order valence-corrected chi connectivity index (χ2v) is 5.00. The summed E-state index contributed by atoms with van der Waals surface area (Å²) in [5.41, 5.74) is 1.86. The maximum absolute atomic E-state index is 12.9. The topological polar surface area (TPSA) is 67.5 Å². The molecule has 23 heavy (non-hydrogen) atoms. The minimum atomic E-state index is -4.61. The molecule has 2 aromatic heterocycles. The van der Waals surface area contributed by atoms with E-state index in [9.17, 15) is 18.0 Å². The molecule has 3 aromatic rings. The first-order valence-electron chi connectivity index (χ1n) is 6.53. The highest BCUT2D eigenvalue weighted by Gasteiger charge is 2.36. The van der Waals surface area contributed by atoms with Crippen LogP contribution in [0.4, 0.5) is 13.2 Å². The van der Waals surface area contributed by atoms with Crippen LogP contribution in [0.1, 0.15) is 21.7 Å². The van der Waals surface area contributed by atoms with E-state index in [0.717, 1.165) is 4.40 Å². The van der Waals surface area contributed by atoms with E-state index in [4.69, 9.17) is 5.11 Å². The molecular weight excluding hydrogens is 311 g/mol. The molecule has 0 aliphatic rings. The summed E-state index contributed by atoms with van der Waals surface area (Å²) in [7, 11) is 0. The van der Waals surface area contributed by atoms with Crippen LogP contribution in [0.5, 0.6) is 0 Å². The van der Waals surface area contributed by atoms with Crippen LogP contribution in [0, 0.1) is 6.92 Å². The number of hydrogen-bond donors (Lipinski definition) is 1. The third-order valence-electron chi connectivity index (χ3n) is 3.45. The van der Waals surface area contributed by atoms with Gasteiger partial charge in [-0.2, -0.15) is 13.2 Å². The third kappa shape index (κ3) is 2.63. The molecule has 0 bridgehead atoms. The van der Waals surface area contributed by atoms with Gasteiger partial charge in [0.25, 0.3) is 0 Å². The monoisotopic (exact) mass is 321 g/mol. The molecule has 0 atom stereocenters. The quantitative estimate of drug-likeness (QED) is 0.785. The molecule has 0 unspecified atom stereocenters. The van der Waals surface area contributed by atoms with Crippen molar-refractivity contribution >= 4 is 11.6 Å². The molecule has 1 N–H and O–H groups in total. The normalized spacial score (nSPS) is 11.8. The second-order valence-electron chi connectivity index (χ2n) is 5.00. The van der Waals surface area contributed by atoms with Gasteiger partial charge in [0.05, 0.1) is 5.56 Å². The smallest absolute Gasteiger partial charge is 0.452 e. The van der Waals surface area contributed by atoms with Gasteiger partial charge in [-0.15, -0.1) is 10.2 Å².